The summed E-state index contributed by atoms with van der Waals surface area (Å²) in [6, 6.07) is 12.2. The van der Waals surface area contributed by atoms with E-state index in [4.69, 9.17) is 0 Å². The van der Waals surface area contributed by atoms with Crippen molar-refractivity contribution in [3.63, 3.8) is 0 Å². The summed E-state index contributed by atoms with van der Waals surface area (Å²) in [5, 5.41) is 15.4. The highest BCUT2D eigenvalue weighted by molar-refractivity contribution is 6.05. The number of rotatable bonds is 7. The van der Waals surface area contributed by atoms with Gasteiger partial charge in [-0.25, -0.2) is 9.37 Å². The normalized spacial score (nSPS) is 15.1. The van der Waals surface area contributed by atoms with Crippen LogP contribution >= 0.6 is 0 Å². The number of hydrogen-bond acceptors (Lipinski definition) is 7. The van der Waals surface area contributed by atoms with Crippen LogP contribution in [0, 0.1) is 12.7 Å². The Kier molecular flexibility index (Phi) is 6.92. The Morgan fingerprint density at radius 2 is 1.80 bits per heavy atom. The van der Waals surface area contributed by atoms with Crippen molar-refractivity contribution in [1.82, 2.24) is 9.97 Å². The first kappa shape index (κ1) is 24.1. The van der Waals surface area contributed by atoms with Gasteiger partial charge in [0, 0.05) is 31.4 Å². The molecule has 0 bridgehead atoms. The molecule has 3 aromatic rings. The van der Waals surface area contributed by atoms with E-state index in [1.54, 1.807) is 19.1 Å². The topological polar surface area (TPSA) is 111 Å². The predicted molar refractivity (Wildman–Crippen MR) is 132 cm³/mol. The molecule has 0 aliphatic carbocycles. The molecule has 0 radical (unpaired) electrons. The Hall–Kier alpha value is -4.05. The van der Waals surface area contributed by atoms with Gasteiger partial charge < -0.3 is 25.5 Å². The van der Waals surface area contributed by atoms with Gasteiger partial charge in [0.1, 0.15) is 17.5 Å². The van der Waals surface area contributed by atoms with Crippen molar-refractivity contribution in [1.29, 1.82) is 0 Å². The van der Waals surface area contributed by atoms with E-state index in [0.717, 1.165) is 5.56 Å². The summed E-state index contributed by atoms with van der Waals surface area (Å²) in [5.74, 6) is 0.231. The lowest BCUT2D eigenvalue weighted by molar-refractivity contribution is -0.119. The second-order valence-corrected chi connectivity index (χ2v) is 8.32. The zero-order valence-corrected chi connectivity index (χ0v) is 19.7. The van der Waals surface area contributed by atoms with Gasteiger partial charge in [-0.1, -0.05) is 12.1 Å². The molecule has 1 aliphatic heterocycles. The Morgan fingerprint density at radius 3 is 2.46 bits per heavy atom. The summed E-state index contributed by atoms with van der Waals surface area (Å²) in [4.78, 5) is 37.5. The molecule has 10 heteroatoms. The molecule has 9 nitrogen and oxygen atoms in total. The van der Waals surface area contributed by atoms with E-state index in [2.05, 4.69) is 20.6 Å². The number of carbonyl (C=O) groups excluding carboxylic acids is 2. The van der Waals surface area contributed by atoms with Crippen molar-refractivity contribution in [2.75, 3.05) is 40.6 Å². The molecule has 4 rings (SSSR count). The van der Waals surface area contributed by atoms with Crippen LogP contribution in [0.5, 0.6) is 0 Å². The molecule has 35 heavy (non-hydrogen) atoms. The summed E-state index contributed by atoms with van der Waals surface area (Å²) in [5.41, 5.74) is 3.18. The zero-order valence-electron chi connectivity index (χ0n) is 19.7. The number of halogens is 1. The number of anilines is 4. The summed E-state index contributed by atoms with van der Waals surface area (Å²) >= 11 is 0. The highest BCUT2D eigenvalue weighted by Crippen LogP contribution is 2.36. The molecule has 182 valence electrons. The molecule has 1 atom stereocenters. The van der Waals surface area contributed by atoms with Gasteiger partial charge in [0.2, 0.25) is 11.9 Å². The third kappa shape index (κ3) is 5.07. The first-order valence-electron chi connectivity index (χ1n) is 11.2. The Bertz CT molecular complexity index is 1230. The number of aromatic nitrogens is 2. The predicted octanol–water partition coefficient (Wildman–Crippen LogP) is 2.95. The number of carbonyl (C=O) groups is 2. The van der Waals surface area contributed by atoms with Crippen molar-refractivity contribution in [3.05, 3.63) is 71.2 Å². The fourth-order valence-corrected chi connectivity index (χ4v) is 3.89. The minimum Gasteiger partial charge on any atom is -0.395 e. The van der Waals surface area contributed by atoms with Gasteiger partial charge in [-0.15, -0.1) is 0 Å². The number of benzene rings is 2. The van der Waals surface area contributed by atoms with Crippen molar-refractivity contribution >= 4 is 35.0 Å². The van der Waals surface area contributed by atoms with Gasteiger partial charge in [0.15, 0.2) is 5.82 Å². The van der Waals surface area contributed by atoms with Gasteiger partial charge in [-0.05, 0) is 55.8 Å². The van der Waals surface area contributed by atoms with Crippen molar-refractivity contribution < 1.29 is 19.1 Å². The number of β-amino-alcohol motifs (C(OH)–C–C–N with tert-alkyl or cyclic N) is 1. The highest BCUT2D eigenvalue weighted by atomic mass is 19.1. The van der Waals surface area contributed by atoms with E-state index < -0.39 is 11.9 Å². The standard InChI is InChI=1S/C25H27FN6O3/c1-15-21-22(31(3)16(2)24(35)32(21)12-13-33)30-25(28-15)27-14-17-4-10-20(11-5-17)29-23(34)18-6-8-19(26)9-7-18/h4-11,16,33H,12-14H2,1-3H3,(H,29,34)(H,27,28,30). The van der Waals surface area contributed by atoms with Crippen LogP contribution in [0.25, 0.3) is 0 Å². The van der Waals surface area contributed by atoms with E-state index in [9.17, 15) is 19.1 Å². The molecular formula is C25H27FN6O3. The van der Waals surface area contributed by atoms with Crippen molar-refractivity contribution in [2.24, 2.45) is 0 Å². The third-order valence-corrected chi connectivity index (χ3v) is 5.94. The molecule has 1 aliphatic rings. The van der Waals surface area contributed by atoms with Gasteiger partial charge in [-0.2, -0.15) is 4.98 Å². The number of nitrogens with one attached hydrogen (secondary N) is 2. The first-order valence-corrected chi connectivity index (χ1v) is 11.2. The Morgan fingerprint density at radius 1 is 1.11 bits per heavy atom. The van der Waals surface area contributed by atoms with E-state index in [1.165, 1.54) is 29.2 Å². The van der Waals surface area contributed by atoms with Crippen LogP contribution in [0.15, 0.2) is 48.5 Å². The molecule has 1 aromatic heterocycles. The molecule has 1 unspecified atom stereocenters. The third-order valence-electron chi connectivity index (χ3n) is 5.94. The first-order chi connectivity index (χ1) is 16.8. The molecule has 2 amide bonds. The van der Waals surface area contributed by atoms with E-state index in [1.807, 2.05) is 31.0 Å². The van der Waals surface area contributed by atoms with Gasteiger partial charge in [-0.3, -0.25) is 9.59 Å². The number of nitrogens with zero attached hydrogens (tertiary/aromatic N) is 4. The second-order valence-electron chi connectivity index (χ2n) is 8.32. The zero-order chi connectivity index (χ0) is 25.1. The minimum absolute atomic E-state index is 0.104. The number of amides is 2. The highest BCUT2D eigenvalue weighted by Gasteiger charge is 2.36. The van der Waals surface area contributed by atoms with Gasteiger partial charge in [0.25, 0.3) is 5.91 Å². The monoisotopic (exact) mass is 478 g/mol. The smallest absolute Gasteiger partial charge is 0.255 e. The van der Waals surface area contributed by atoms with Gasteiger partial charge >= 0.3 is 0 Å². The summed E-state index contributed by atoms with van der Waals surface area (Å²) in [7, 11) is 1.81. The van der Waals surface area contributed by atoms with Crippen molar-refractivity contribution in [2.45, 2.75) is 26.4 Å². The average molecular weight is 479 g/mol. The molecule has 0 saturated heterocycles. The number of aliphatic hydroxyl groups excluding tert-OH is 1. The van der Waals surface area contributed by atoms with Crippen LogP contribution in [-0.2, 0) is 11.3 Å². The molecule has 3 N–H and O–H groups in total. The molecule has 0 fully saturated rings. The fraction of sp³-hybridized carbons (Fsp3) is 0.280. The van der Waals surface area contributed by atoms with E-state index in [0.29, 0.717) is 40.9 Å². The van der Waals surface area contributed by atoms with Crippen LogP contribution in [0.3, 0.4) is 0 Å². The number of hydrogen-bond donors (Lipinski definition) is 3. The summed E-state index contributed by atoms with van der Waals surface area (Å²) in [6.45, 7) is 4.10. The van der Waals surface area contributed by atoms with Crippen LogP contribution in [-0.4, -0.2) is 53.1 Å². The number of aliphatic hydroxyl groups is 1. The summed E-state index contributed by atoms with van der Waals surface area (Å²) in [6.07, 6.45) is 0. The molecule has 2 heterocycles. The maximum Gasteiger partial charge on any atom is 0.255 e. The summed E-state index contributed by atoms with van der Waals surface area (Å²) < 4.78 is 13.0. The van der Waals surface area contributed by atoms with Crippen LogP contribution in [0.2, 0.25) is 0 Å². The molecule has 0 saturated carbocycles. The van der Waals surface area contributed by atoms with E-state index >= 15 is 0 Å². The number of likely N-dealkylation sites (N-methyl/N-ethyl adjacent to an activating group) is 1. The average Bonchev–Trinajstić information content (AvgIpc) is 2.85. The lowest BCUT2D eigenvalue weighted by Gasteiger charge is -2.39. The molecule has 2 aromatic carbocycles. The lowest BCUT2D eigenvalue weighted by Crippen LogP contribution is -2.52. The van der Waals surface area contributed by atoms with Crippen LogP contribution in [0.4, 0.5) is 27.5 Å². The van der Waals surface area contributed by atoms with Crippen LogP contribution in [0.1, 0.15) is 28.5 Å². The molecule has 0 spiro atoms. The van der Waals surface area contributed by atoms with Crippen LogP contribution < -0.4 is 20.4 Å². The minimum atomic E-state index is -0.408. The Balaban J connectivity index is 1.44. The maximum absolute atomic E-state index is 13.0. The number of fused-ring (bicyclic) bond motifs is 1. The maximum atomic E-state index is 13.0. The van der Waals surface area contributed by atoms with E-state index in [-0.39, 0.29) is 25.0 Å². The van der Waals surface area contributed by atoms with Crippen molar-refractivity contribution in [3.8, 4) is 0 Å². The van der Waals surface area contributed by atoms with Gasteiger partial charge in [0.05, 0.1) is 12.3 Å². The number of aryl methyl sites for hydroxylation is 1. The fourth-order valence-electron chi connectivity index (χ4n) is 3.89. The second kappa shape index (κ2) is 10.1. The lowest BCUT2D eigenvalue weighted by atomic mass is 10.1. The molecular weight excluding hydrogens is 451 g/mol. The SMILES string of the molecule is Cc1nc(NCc2ccc(NC(=O)c3ccc(F)cc3)cc2)nc2c1N(CCO)C(=O)C(C)N2C. The largest absolute Gasteiger partial charge is 0.395 e. The quantitative estimate of drug-likeness (QED) is 0.479. The Labute approximate surface area is 202 Å².